The number of nitrogens with one attached hydrogen (secondary N) is 1. The van der Waals surface area contributed by atoms with Gasteiger partial charge in [-0.2, -0.15) is 0 Å². The molecule has 1 aromatic heterocycles. The van der Waals surface area contributed by atoms with Gasteiger partial charge in [-0.15, -0.1) is 11.3 Å². The summed E-state index contributed by atoms with van der Waals surface area (Å²) < 4.78 is 5.25. The standard InChI is InChI=1S/C20H20N2O4S/c23-18-11-22(15-8-5-4-7-14(15)21-18)19(24)12-26-20(25)17-10-13-6-2-1-3-9-16(13)27-17/h4-5,7-8,10H,1-3,6,9,11-12H2,(H,21,23). The van der Waals surface area contributed by atoms with Crippen LogP contribution < -0.4 is 10.2 Å². The second-order valence-electron chi connectivity index (χ2n) is 6.74. The molecule has 0 unspecified atom stereocenters. The van der Waals surface area contributed by atoms with Gasteiger partial charge in [0.05, 0.1) is 11.4 Å². The Hall–Kier alpha value is -2.67. The molecule has 0 bridgehead atoms. The maximum Gasteiger partial charge on any atom is 0.348 e. The Kier molecular flexibility index (Phi) is 4.94. The number of ether oxygens (including phenoxy) is 1. The number of esters is 1. The number of fused-ring (bicyclic) bond motifs is 2. The van der Waals surface area contributed by atoms with Crippen LogP contribution in [0, 0.1) is 0 Å². The highest BCUT2D eigenvalue weighted by Gasteiger charge is 2.27. The van der Waals surface area contributed by atoms with E-state index in [1.165, 1.54) is 33.1 Å². The van der Waals surface area contributed by atoms with Crippen molar-refractivity contribution in [2.45, 2.75) is 32.1 Å². The maximum absolute atomic E-state index is 12.6. The summed E-state index contributed by atoms with van der Waals surface area (Å²) in [7, 11) is 0. The Bertz CT molecular complexity index is 882. The van der Waals surface area contributed by atoms with E-state index in [1.54, 1.807) is 24.3 Å². The molecule has 0 fully saturated rings. The van der Waals surface area contributed by atoms with Crippen LogP contribution in [-0.2, 0) is 27.2 Å². The summed E-state index contributed by atoms with van der Waals surface area (Å²) in [5, 5.41) is 2.73. The third-order valence-electron chi connectivity index (χ3n) is 4.85. The first-order valence-corrected chi connectivity index (χ1v) is 9.91. The fraction of sp³-hybridized carbons (Fsp3) is 0.350. The first kappa shape index (κ1) is 17.7. The van der Waals surface area contributed by atoms with Gasteiger partial charge in [0.1, 0.15) is 11.4 Å². The fourth-order valence-corrected chi connectivity index (χ4v) is 4.65. The SMILES string of the molecule is O=C1CN(C(=O)COC(=O)c2cc3c(s2)CCCCC3)c2ccccc2N1. The molecule has 140 valence electrons. The number of rotatable bonds is 3. The number of carbonyl (C=O) groups is 3. The van der Waals surface area contributed by atoms with E-state index in [2.05, 4.69) is 5.32 Å². The number of amides is 2. The lowest BCUT2D eigenvalue weighted by Crippen LogP contribution is -2.44. The number of anilines is 2. The highest BCUT2D eigenvalue weighted by atomic mass is 32.1. The van der Waals surface area contributed by atoms with E-state index in [-0.39, 0.29) is 19.1 Å². The zero-order valence-electron chi connectivity index (χ0n) is 14.8. The predicted octanol–water partition coefficient (Wildman–Crippen LogP) is 3.16. The van der Waals surface area contributed by atoms with E-state index in [9.17, 15) is 14.4 Å². The largest absolute Gasteiger partial charge is 0.451 e. The van der Waals surface area contributed by atoms with E-state index in [0.717, 1.165) is 25.7 Å². The van der Waals surface area contributed by atoms with Crippen LogP contribution >= 0.6 is 11.3 Å². The van der Waals surface area contributed by atoms with Crippen LogP contribution in [0.4, 0.5) is 11.4 Å². The molecule has 0 saturated carbocycles. The molecule has 1 aromatic carbocycles. The quantitative estimate of drug-likeness (QED) is 0.652. The van der Waals surface area contributed by atoms with Crippen LogP contribution in [0.15, 0.2) is 30.3 Å². The Labute approximate surface area is 161 Å². The van der Waals surface area contributed by atoms with Gasteiger partial charge in [0.25, 0.3) is 5.91 Å². The lowest BCUT2D eigenvalue weighted by Gasteiger charge is -2.28. The zero-order chi connectivity index (χ0) is 18.8. The van der Waals surface area contributed by atoms with Gasteiger partial charge < -0.3 is 10.1 Å². The summed E-state index contributed by atoms with van der Waals surface area (Å²) in [6.45, 7) is -0.469. The zero-order valence-corrected chi connectivity index (χ0v) is 15.6. The first-order valence-electron chi connectivity index (χ1n) is 9.10. The Morgan fingerprint density at radius 2 is 1.96 bits per heavy atom. The molecular formula is C20H20N2O4S. The van der Waals surface area contributed by atoms with Gasteiger partial charge in [-0.1, -0.05) is 18.6 Å². The summed E-state index contributed by atoms with van der Waals surface area (Å²) in [5.41, 5.74) is 2.42. The molecule has 0 radical (unpaired) electrons. The van der Waals surface area contributed by atoms with Crippen molar-refractivity contribution >= 4 is 40.5 Å². The van der Waals surface area contributed by atoms with Crippen molar-refractivity contribution < 1.29 is 19.1 Å². The van der Waals surface area contributed by atoms with Crippen LogP contribution in [0.25, 0.3) is 0 Å². The summed E-state index contributed by atoms with van der Waals surface area (Å²) in [4.78, 5) is 39.9. The second-order valence-corrected chi connectivity index (χ2v) is 7.88. The summed E-state index contributed by atoms with van der Waals surface area (Å²) in [6.07, 6.45) is 5.52. The first-order chi connectivity index (χ1) is 13.1. The van der Waals surface area contributed by atoms with Crippen molar-refractivity contribution in [1.82, 2.24) is 0 Å². The van der Waals surface area contributed by atoms with Gasteiger partial charge in [-0.05, 0) is 49.4 Å². The van der Waals surface area contributed by atoms with Crippen molar-refractivity contribution in [2.24, 2.45) is 0 Å². The Balaban J connectivity index is 1.42. The molecule has 2 amide bonds. The van der Waals surface area contributed by atoms with Crippen LogP contribution in [-0.4, -0.2) is 30.9 Å². The monoisotopic (exact) mass is 384 g/mol. The molecule has 2 aromatic rings. The van der Waals surface area contributed by atoms with Crippen LogP contribution in [0.1, 0.15) is 39.4 Å². The van der Waals surface area contributed by atoms with Gasteiger partial charge in [-0.3, -0.25) is 14.5 Å². The number of para-hydroxylation sites is 2. The van der Waals surface area contributed by atoms with E-state index >= 15 is 0 Å². The topological polar surface area (TPSA) is 75.7 Å². The van der Waals surface area contributed by atoms with Crippen LogP contribution in [0.3, 0.4) is 0 Å². The summed E-state index contributed by atoms with van der Waals surface area (Å²) in [6, 6.07) is 8.97. The number of nitrogens with zero attached hydrogens (tertiary/aromatic N) is 1. The molecule has 0 saturated heterocycles. The normalized spacial score (nSPS) is 16.0. The lowest BCUT2D eigenvalue weighted by atomic mass is 10.1. The van der Waals surface area contributed by atoms with Gasteiger partial charge in [-0.25, -0.2) is 4.79 Å². The number of aryl methyl sites for hydroxylation is 2. The van der Waals surface area contributed by atoms with Crippen LogP contribution in [0.2, 0.25) is 0 Å². The van der Waals surface area contributed by atoms with E-state index in [4.69, 9.17) is 4.74 Å². The molecule has 7 heteroatoms. The highest BCUT2D eigenvalue weighted by Crippen LogP contribution is 2.30. The van der Waals surface area contributed by atoms with Gasteiger partial charge in [0.2, 0.25) is 5.91 Å². The highest BCUT2D eigenvalue weighted by molar-refractivity contribution is 7.14. The lowest BCUT2D eigenvalue weighted by molar-refractivity contribution is -0.124. The Morgan fingerprint density at radius 1 is 1.15 bits per heavy atom. The predicted molar refractivity (Wildman–Crippen MR) is 103 cm³/mol. The maximum atomic E-state index is 12.6. The number of benzene rings is 1. The Morgan fingerprint density at radius 3 is 2.85 bits per heavy atom. The summed E-state index contributed by atoms with van der Waals surface area (Å²) in [5.74, 6) is -1.16. The number of hydrogen-bond acceptors (Lipinski definition) is 5. The molecule has 2 heterocycles. The third-order valence-corrected chi connectivity index (χ3v) is 6.06. The smallest absolute Gasteiger partial charge is 0.348 e. The van der Waals surface area contributed by atoms with Gasteiger partial charge >= 0.3 is 5.97 Å². The molecular weight excluding hydrogens is 364 g/mol. The van der Waals surface area contributed by atoms with Gasteiger partial charge in [0, 0.05) is 4.88 Å². The van der Waals surface area contributed by atoms with E-state index < -0.39 is 11.9 Å². The minimum atomic E-state index is -0.476. The molecule has 27 heavy (non-hydrogen) atoms. The van der Waals surface area contributed by atoms with Crippen molar-refractivity contribution in [3.8, 4) is 0 Å². The molecule has 4 rings (SSSR count). The van der Waals surface area contributed by atoms with E-state index in [1.807, 2.05) is 6.07 Å². The average molecular weight is 384 g/mol. The van der Waals surface area contributed by atoms with Crippen molar-refractivity contribution in [1.29, 1.82) is 0 Å². The summed E-state index contributed by atoms with van der Waals surface area (Å²) >= 11 is 1.47. The van der Waals surface area contributed by atoms with Crippen molar-refractivity contribution in [3.63, 3.8) is 0 Å². The molecule has 1 N–H and O–H groups in total. The van der Waals surface area contributed by atoms with Crippen molar-refractivity contribution in [2.75, 3.05) is 23.4 Å². The molecule has 0 atom stereocenters. The third kappa shape index (κ3) is 3.73. The fourth-order valence-electron chi connectivity index (χ4n) is 3.50. The number of hydrogen-bond donors (Lipinski definition) is 1. The molecule has 1 aliphatic heterocycles. The number of thiophene rings is 1. The van der Waals surface area contributed by atoms with Crippen LogP contribution in [0.5, 0.6) is 0 Å². The van der Waals surface area contributed by atoms with Gasteiger partial charge in [0.15, 0.2) is 6.61 Å². The molecule has 1 aliphatic carbocycles. The molecule has 6 nitrogen and oxygen atoms in total. The average Bonchev–Trinajstić information content (AvgIpc) is 2.95. The second kappa shape index (κ2) is 7.52. The molecule has 2 aliphatic rings. The number of carbonyl (C=O) groups excluding carboxylic acids is 3. The molecule has 0 spiro atoms. The van der Waals surface area contributed by atoms with Crippen molar-refractivity contribution in [3.05, 3.63) is 45.6 Å². The minimum Gasteiger partial charge on any atom is -0.451 e. The van der Waals surface area contributed by atoms with E-state index in [0.29, 0.717) is 16.3 Å². The minimum absolute atomic E-state index is 0.0826.